The predicted molar refractivity (Wildman–Crippen MR) is 136 cm³/mol. The van der Waals surface area contributed by atoms with E-state index in [1.54, 1.807) is 42.5 Å². The van der Waals surface area contributed by atoms with E-state index in [2.05, 4.69) is 54.8 Å². The molecule has 0 saturated heterocycles. The quantitative estimate of drug-likeness (QED) is 0.319. The van der Waals surface area contributed by atoms with Crippen LogP contribution in [-0.2, 0) is 16.6 Å². The maximum Gasteiger partial charge on any atom is 0.261 e. The number of nitrogens with zero attached hydrogens (tertiary/aromatic N) is 3. The number of rotatable bonds is 8. The van der Waals surface area contributed by atoms with Gasteiger partial charge in [0.2, 0.25) is 0 Å². The molecule has 4 rings (SSSR count). The van der Waals surface area contributed by atoms with Crippen molar-refractivity contribution in [1.82, 2.24) is 10.2 Å². The monoisotopic (exact) mass is 522 g/mol. The van der Waals surface area contributed by atoms with E-state index in [9.17, 15) is 8.42 Å². The van der Waals surface area contributed by atoms with Gasteiger partial charge in [0.1, 0.15) is 0 Å². The highest BCUT2D eigenvalue weighted by Gasteiger charge is 2.15. The number of halogens is 1. The number of hydrogen-bond acceptors (Lipinski definition) is 5. The Morgan fingerprint density at radius 2 is 1.67 bits per heavy atom. The summed E-state index contributed by atoms with van der Waals surface area (Å²) in [5.41, 5.74) is 3.10. The molecule has 0 aliphatic carbocycles. The third-order valence-electron chi connectivity index (χ3n) is 5.09. The smallest absolute Gasteiger partial charge is 0.261 e. The molecule has 0 amide bonds. The van der Waals surface area contributed by atoms with Gasteiger partial charge in [0, 0.05) is 28.8 Å². The van der Waals surface area contributed by atoms with E-state index in [0.717, 1.165) is 24.5 Å². The van der Waals surface area contributed by atoms with Gasteiger partial charge in [-0.1, -0.05) is 64.5 Å². The van der Waals surface area contributed by atoms with Gasteiger partial charge in [-0.15, -0.1) is 10.2 Å². The molecule has 3 aromatic carbocycles. The summed E-state index contributed by atoms with van der Waals surface area (Å²) in [4.78, 5) is 2.33. The molecule has 4 aromatic rings. The van der Waals surface area contributed by atoms with E-state index in [0.29, 0.717) is 15.9 Å². The highest BCUT2D eigenvalue weighted by molar-refractivity contribution is 9.10. The lowest BCUT2D eigenvalue weighted by Gasteiger charge is -2.21. The first-order valence-corrected chi connectivity index (χ1v) is 12.7. The first kappa shape index (κ1) is 22.9. The molecular formula is C25H23BrN4O2S. The first-order valence-electron chi connectivity index (χ1n) is 10.5. The molecule has 0 radical (unpaired) electrons. The molecule has 6 nitrogen and oxygen atoms in total. The summed E-state index contributed by atoms with van der Waals surface area (Å²) in [6.45, 7) is 3.63. The van der Waals surface area contributed by atoms with Crippen LogP contribution in [0.4, 0.5) is 11.5 Å². The Morgan fingerprint density at radius 3 is 2.36 bits per heavy atom. The minimum atomic E-state index is -3.71. The fourth-order valence-corrected chi connectivity index (χ4v) is 5.04. The van der Waals surface area contributed by atoms with Crippen LogP contribution in [-0.4, -0.2) is 25.2 Å². The van der Waals surface area contributed by atoms with Crippen molar-refractivity contribution >= 4 is 37.5 Å². The zero-order valence-corrected chi connectivity index (χ0v) is 20.4. The highest BCUT2D eigenvalue weighted by Crippen LogP contribution is 2.25. The molecule has 33 heavy (non-hydrogen) atoms. The van der Waals surface area contributed by atoms with Crippen molar-refractivity contribution < 1.29 is 8.42 Å². The van der Waals surface area contributed by atoms with Crippen molar-refractivity contribution in [2.45, 2.75) is 18.4 Å². The fourth-order valence-electron chi connectivity index (χ4n) is 3.40. The second-order valence-electron chi connectivity index (χ2n) is 7.42. The van der Waals surface area contributed by atoms with Crippen LogP contribution in [0.3, 0.4) is 0 Å². The molecule has 1 N–H and O–H groups in total. The third kappa shape index (κ3) is 5.77. The van der Waals surface area contributed by atoms with Crippen LogP contribution in [0.2, 0.25) is 0 Å². The van der Waals surface area contributed by atoms with Gasteiger partial charge in [0.05, 0.1) is 10.6 Å². The second kappa shape index (κ2) is 10.1. The maximum absolute atomic E-state index is 12.7. The number of anilines is 2. The molecule has 1 aromatic heterocycles. The Morgan fingerprint density at radius 1 is 0.879 bits per heavy atom. The number of hydrogen-bond donors (Lipinski definition) is 1. The normalized spacial score (nSPS) is 11.2. The van der Waals surface area contributed by atoms with Crippen LogP contribution in [0.15, 0.2) is 100 Å². The number of aromatic nitrogens is 2. The molecule has 0 unspecified atom stereocenters. The van der Waals surface area contributed by atoms with Gasteiger partial charge < -0.3 is 4.90 Å². The number of sulfonamides is 1. The van der Waals surface area contributed by atoms with Crippen molar-refractivity contribution in [3.05, 3.63) is 101 Å². The minimum absolute atomic E-state index is 0.185. The number of nitrogens with one attached hydrogen (secondary N) is 1. The Balaban J connectivity index is 1.52. The Labute approximate surface area is 202 Å². The summed E-state index contributed by atoms with van der Waals surface area (Å²) in [6, 6.07) is 27.8. The first-order chi connectivity index (χ1) is 15.9. The SMILES string of the molecule is CCN(Cc1ccccc1)c1ccc(-c2cccc(NS(=O)(=O)c3cccc(Br)c3)c2)nn1. The van der Waals surface area contributed by atoms with E-state index in [1.807, 2.05) is 36.4 Å². The molecule has 0 atom stereocenters. The summed E-state index contributed by atoms with van der Waals surface area (Å²) < 4.78 is 28.8. The van der Waals surface area contributed by atoms with Gasteiger partial charge in [0.15, 0.2) is 5.82 Å². The van der Waals surface area contributed by atoms with Crippen molar-refractivity contribution in [1.29, 1.82) is 0 Å². The van der Waals surface area contributed by atoms with Gasteiger partial charge in [-0.3, -0.25) is 4.72 Å². The molecular weight excluding hydrogens is 500 g/mol. The molecule has 168 valence electrons. The van der Waals surface area contributed by atoms with Crippen LogP contribution in [0.5, 0.6) is 0 Å². The molecule has 1 heterocycles. The van der Waals surface area contributed by atoms with Crippen molar-refractivity contribution in [3.63, 3.8) is 0 Å². The molecule has 0 fully saturated rings. The molecule has 0 aliphatic rings. The number of benzene rings is 3. The van der Waals surface area contributed by atoms with Crippen LogP contribution in [0, 0.1) is 0 Å². The minimum Gasteiger partial charge on any atom is -0.351 e. The lowest BCUT2D eigenvalue weighted by atomic mass is 10.1. The van der Waals surface area contributed by atoms with Crippen LogP contribution in [0.25, 0.3) is 11.3 Å². The Bertz CT molecular complexity index is 1330. The maximum atomic E-state index is 12.7. The Kier molecular flexibility index (Phi) is 7.05. The average molecular weight is 523 g/mol. The van der Waals surface area contributed by atoms with E-state index in [-0.39, 0.29) is 4.90 Å². The highest BCUT2D eigenvalue weighted by atomic mass is 79.9. The zero-order valence-electron chi connectivity index (χ0n) is 18.0. The van der Waals surface area contributed by atoms with E-state index in [4.69, 9.17) is 0 Å². The average Bonchev–Trinajstić information content (AvgIpc) is 2.83. The lowest BCUT2D eigenvalue weighted by Crippen LogP contribution is -2.23. The van der Waals surface area contributed by atoms with Gasteiger partial charge in [-0.2, -0.15) is 0 Å². The van der Waals surface area contributed by atoms with E-state index < -0.39 is 10.0 Å². The molecule has 0 aliphatic heterocycles. The molecule has 0 spiro atoms. The van der Waals surface area contributed by atoms with Gasteiger partial charge >= 0.3 is 0 Å². The van der Waals surface area contributed by atoms with Crippen molar-refractivity contribution in [2.75, 3.05) is 16.2 Å². The molecule has 0 saturated carbocycles. The summed E-state index contributed by atoms with van der Waals surface area (Å²) in [5, 5.41) is 8.81. The summed E-state index contributed by atoms with van der Waals surface area (Å²) in [7, 11) is -3.71. The fraction of sp³-hybridized carbons (Fsp3) is 0.120. The van der Waals surface area contributed by atoms with Crippen molar-refractivity contribution in [3.8, 4) is 11.3 Å². The largest absolute Gasteiger partial charge is 0.351 e. The lowest BCUT2D eigenvalue weighted by molar-refractivity contribution is 0.601. The van der Waals surface area contributed by atoms with E-state index in [1.165, 1.54) is 5.56 Å². The molecule has 0 bridgehead atoms. The standard InChI is InChI=1S/C25H23BrN4O2S/c1-2-30(18-19-8-4-3-5-9-19)25-15-14-24(27-28-25)20-10-6-12-22(16-20)29-33(31,32)23-13-7-11-21(26)17-23/h3-17,29H,2,18H2,1H3. The summed E-state index contributed by atoms with van der Waals surface area (Å²) >= 11 is 3.31. The van der Waals surface area contributed by atoms with Crippen LogP contribution >= 0.6 is 15.9 Å². The van der Waals surface area contributed by atoms with Gasteiger partial charge in [0.25, 0.3) is 10.0 Å². The third-order valence-corrected chi connectivity index (χ3v) is 6.96. The van der Waals surface area contributed by atoms with Crippen LogP contribution < -0.4 is 9.62 Å². The Hall–Kier alpha value is -3.23. The zero-order chi connectivity index (χ0) is 23.3. The van der Waals surface area contributed by atoms with Gasteiger partial charge in [-0.05, 0) is 55.0 Å². The summed E-state index contributed by atoms with van der Waals surface area (Å²) in [5.74, 6) is 0.789. The predicted octanol–water partition coefficient (Wildman–Crippen LogP) is 5.73. The van der Waals surface area contributed by atoms with E-state index >= 15 is 0 Å². The molecule has 8 heteroatoms. The van der Waals surface area contributed by atoms with Gasteiger partial charge in [-0.25, -0.2) is 8.42 Å². The second-order valence-corrected chi connectivity index (χ2v) is 10.0. The summed E-state index contributed by atoms with van der Waals surface area (Å²) in [6.07, 6.45) is 0. The van der Waals surface area contributed by atoms with Crippen LogP contribution in [0.1, 0.15) is 12.5 Å². The topological polar surface area (TPSA) is 75.2 Å². The van der Waals surface area contributed by atoms with Crippen molar-refractivity contribution in [2.24, 2.45) is 0 Å².